The van der Waals surface area contributed by atoms with E-state index in [2.05, 4.69) is 0 Å². The zero-order valence-corrected chi connectivity index (χ0v) is 7.49. The first-order valence-corrected chi connectivity index (χ1v) is 0. The van der Waals surface area contributed by atoms with E-state index in [0.29, 0.717) is 0 Å². The molecule has 0 aromatic heterocycles. The molecule has 0 N–H and O–H groups in total. The normalized spacial score (nSPS) is 0. The molecule has 0 spiro atoms. The van der Waals surface area contributed by atoms with Crippen LogP contribution in [0.3, 0.4) is 0 Å². The average molecular weight is 197 g/mol. The summed E-state index contributed by atoms with van der Waals surface area (Å²) in [5.41, 5.74) is 0. The van der Waals surface area contributed by atoms with Crippen molar-refractivity contribution < 1.29 is 40.3 Å². The largest absolute Gasteiger partial charge is 2.00 e. The van der Waals surface area contributed by atoms with Gasteiger partial charge in [0.05, 0.1) is 0 Å². The maximum absolute atomic E-state index is 0. The first kappa shape index (κ1) is 106. The minimum Gasteiger partial charge on any atom is -2.00 e. The molecule has 0 heterocycles. The molecule has 0 saturated carbocycles. The molecule has 0 bridgehead atoms. The maximum atomic E-state index is 0. The van der Waals surface area contributed by atoms with Crippen LogP contribution in [0, 0.1) is 0 Å². The van der Waals surface area contributed by atoms with Gasteiger partial charge in [0.2, 0.25) is 0 Å². The van der Waals surface area contributed by atoms with Gasteiger partial charge in [0.15, 0.2) is 0 Å². The third-order valence-electron chi connectivity index (χ3n) is 0. The standard InChI is InChI=1S/Al.Mg.Mo.3O.2H/q;+2;;3*-2;2*-1. The molecule has 0 aliphatic carbocycles. The van der Waals surface area contributed by atoms with Gasteiger partial charge < -0.3 is 19.3 Å². The summed E-state index contributed by atoms with van der Waals surface area (Å²) < 4.78 is 0. The monoisotopic (exact) mass is 199 g/mol. The van der Waals surface area contributed by atoms with E-state index in [0.717, 1.165) is 0 Å². The molecule has 0 atom stereocenters. The van der Waals surface area contributed by atoms with Crippen molar-refractivity contribution in [1.82, 2.24) is 0 Å². The van der Waals surface area contributed by atoms with E-state index < -0.39 is 0 Å². The molecule has 37 valence electrons. The van der Waals surface area contributed by atoms with Gasteiger partial charge in [-0.1, -0.05) is 0 Å². The van der Waals surface area contributed by atoms with Crippen LogP contribution in [0.5, 0.6) is 0 Å². The van der Waals surface area contributed by atoms with Crippen LogP contribution in [0.1, 0.15) is 2.85 Å². The second-order valence-corrected chi connectivity index (χ2v) is 0. The summed E-state index contributed by atoms with van der Waals surface area (Å²) in [4.78, 5) is 0. The molecule has 0 aliphatic heterocycles. The fraction of sp³-hybridized carbons (Fsp3) is 0. The molecule has 0 rings (SSSR count). The van der Waals surface area contributed by atoms with Crippen molar-refractivity contribution in [1.29, 1.82) is 0 Å². The van der Waals surface area contributed by atoms with Crippen LogP contribution in [0.4, 0.5) is 0 Å². The van der Waals surface area contributed by atoms with Gasteiger partial charge in [0, 0.05) is 38.4 Å². The Morgan fingerprint density at radius 2 is 0.833 bits per heavy atom. The molecule has 0 fully saturated rings. The smallest absolute Gasteiger partial charge is 2.00 e. The molecule has 0 saturated heterocycles. The Morgan fingerprint density at radius 3 is 0.833 bits per heavy atom. The van der Waals surface area contributed by atoms with Crippen molar-refractivity contribution >= 4 is 40.4 Å². The molecular weight excluding hydrogens is 195 g/mol. The number of rotatable bonds is 0. The summed E-state index contributed by atoms with van der Waals surface area (Å²) in [5.74, 6) is 0. The van der Waals surface area contributed by atoms with Crippen LogP contribution in [0.2, 0.25) is 0 Å². The van der Waals surface area contributed by atoms with Gasteiger partial charge in [0.25, 0.3) is 0 Å². The zero-order valence-electron chi connectivity index (χ0n) is 4.92. The van der Waals surface area contributed by atoms with Gasteiger partial charge in [-0.05, 0) is 0 Å². The van der Waals surface area contributed by atoms with Crippen molar-refractivity contribution in [3.05, 3.63) is 0 Å². The van der Waals surface area contributed by atoms with Crippen LogP contribution in [0.15, 0.2) is 0 Å². The van der Waals surface area contributed by atoms with E-state index in [4.69, 9.17) is 0 Å². The number of hydrogen-bond donors (Lipinski definition) is 0. The Hall–Kier alpha value is 1.87. The molecule has 3 radical (unpaired) electrons. The zero-order chi connectivity index (χ0) is 0. The third kappa shape index (κ3) is 39.9. The molecular formula is H2AlMgMoO3-6. The topological polar surface area (TPSA) is 85.5 Å². The van der Waals surface area contributed by atoms with Gasteiger partial charge in [-0.2, -0.15) is 0 Å². The summed E-state index contributed by atoms with van der Waals surface area (Å²) in [6.07, 6.45) is 0. The van der Waals surface area contributed by atoms with Gasteiger partial charge in [-0.25, -0.2) is 0 Å². The molecule has 3 nitrogen and oxygen atoms in total. The Balaban J connectivity index is 0. The summed E-state index contributed by atoms with van der Waals surface area (Å²) >= 11 is 0. The second-order valence-electron chi connectivity index (χ2n) is 0. The SMILES string of the molecule is [Al].[H-].[H-].[Mg+2].[Mo].[O-2].[O-2].[O-2]. The maximum Gasteiger partial charge on any atom is 2.00 e. The number of hydrogen-bond acceptors (Lipinski definition) is 0. The fourth-order valence-electron chi connectivity index (χ4n) is 0. The van der Waals surface area contributed by atoms with E-state index in [-0.39, 0.29) is 80.8 Å². The van der Waals surface area contributed by atoms with E-state index >= 15 is 0 Å². The van der Waals surface area contributed by atoms with Crippen LogP contribution in [0.25, 0.3) is 0 Å². The first-order valence-electron chi connectivity index (χ1n) is 0. The van der Waals surface area contributed by atoms with Crippen molar-refractivity contribution in [2.24, 2.45) is 0 Å². The van der Waals surface area contributed by atoms with Crippen molar-refractivity contribution in [3.63, 3.8) is 0 Å². The van der Waals surface area contributed by atoms with Crippen molar-refractivity contribution in [3.8, 4) is 0 Å². The van der Waals surface area contributed by atoms with Crippen LogP contribution in [-0.4, -0.2) is 40.4 Å². The average Bonchev–Trinajstić information content (AvgIpc) is 0. The van der Waals surface area contributed by atoms with Crippen molar-refractivity contribution in [2.75, 3.05) is 0 Å². The quantitative estimate of drug-likeness (QED) is 0.451. The molecule has 0 aliphatic rings. The van der Waals surface area contributed by atoms with Gasteiger partial charge in [-0.3, -0.25) is 0 Å². The summed E-state index contributed by atoms with van der Waals surface area (Å²) in [6.45, 7) is 0. The van der Waals surface area contributed by atoms with Gasteiger partial charge >= 0.3 is 23.1 Å². The van der Waals surface area contributed by atoms with Gasteiger partial charge in [-0.15, -0.1) is 0 Å². The fourth-order valence-corrected chi connectivity index (χ4v) is 0. The first-order chi connectivity index (χ1) is 0. The molecule has 6 heavy (non-hydrogen) atoms. The predicted molar refractivity (Wildman–Crippen MR) is 15.8 cm³/mol. The van der Waals surface area contributed by atoms with Crippen LogP contribution in [-0.2, 0) is 37.5 Å². The van der Waals surface area contributed by atoms with E-state index in [1.807, 2.05) is 0 Å². The Morgan fingerprint density at radius 1 is 0.833 bits per heavy atom. The van der Waals surface area contributed by atoms with Gasteiger partial charge in [0.1, 0.15) is 0 Å². The van der Waals surface area contributed by atoms with E-state index in [1.165, 1.54) is 0 Å². The minimum atomic E-state index is 0. The summed E-state index contributed by atoms with van der Waals surface area (Å²) in [7, 11) is 0. The molecule has 0 aromatic carbocycles. The third-order valence-corrected chi connectivity index (χ3v) is 0. The van der Waals surface area contributed by atoms with E-state index in [1.54, 1.807) is 0 Å². The predicted octanol–water partition coefficient (Wildman–Crippen LogP) is -0.896. The summed E-state index contributed by atoms with van der Waals surface area (Å²) in [6, 6.07) is 0. The minimum absolute atomic E-state index is 0. The molecule has 0 amide bonds. The Labute approximate surface area is 80.3 Å². The van der Waals surface area contributed by atoms with Crippen molar-refractivity contribution in [2.45, 2.75) is 0 Å². The molecule has 0 unspecified atom stereocenters. The van der Waals surface area contributed by atoms with Crippen LogP contribution < -0.4 is 0 Å². The Kier molecular flexibility index (Phi) is 1200. The summed E-state index contributed by atoms with van der Waals surface area (Å²) in [5, 5.41) is 0. The van der Waals surface area contributed by atoms with E-state index in [9.17, 15) is 0 Å². The Bertz CT molecular complexity index is 17.2. The van der Waals surface area contributed by atoms with Crippen LogP contribution >= 0.6 is 0 Å². The second kappa shape index (κ2) is 67.8. The molecule has 0 aromatic rings. The molecule has 6 heteroatoms.